The fourth-order valence-corrected chi connectivity index (χ4v) is 1.97. The van der Waals surface area contributed by atoms with Crippen molar-refractivity contribution in [3.8, 4) is 0 Å². The van der Waals surface area contributed by atoms with Crippen LogP contribution in [0.3, 0.4) is 0 Å². The molecule has 4 nitrogen and oxygen atoms in total. The molecule has 23 heavy (non-hydrogen) atoms. The van der Waals surface area contributed by atoms with Crippen LogP contribution in [0.25, 0.3) is 0 Å². The molecular weight excluding hydrogens is 326 g/mol. The summed E-state index contributed by atoms with van der Waals surface area (Å²) < 4.78 is 31.9. The number of carbonyl (C=O) groups excluding carboxylic acids is 1. The normalized spacial score (nSPS) is 10.3. The van der Waals surface area contributed by atoms with E-state index in [1.807, 2.05) is 0 Å². The molecule has 1 amide bonds. The maximum absolute atomic E-state index is 13.9. The number of halogens is 3. The first-order valence-corrected chi connectivity index (χ1v) is 7.28. The molecule has 0 aliphatic carbocycles. The number of rotatable bonds is 5. The van der Waals surface area contributed by atoms with Gasteiger partial charge in [-0.15, -0.1) is 0 Å². The first kappa shape index (κ1) is 17.0. The van der Waals surface area contributed by atoms with Gasteiger partial charge in [0.1, 0.15) is 11.6 Å². The summed E-state index contributed by atoms with van der Waals surface area (Å²) >= 11 is 5.60. The third-order valence-corrected chi connectivity index (χ3v) is 3.27. The van der Waals surface area contributed by atoms with E-state index in [9.17, 15) is 13.6 Å². The van der Waals surface area contributed by atoms with Crippen molar-refractivity contribution in [2.45, 2.75) is 13.5 Å². The molecule has 0 saturated heterocycles. The van der Waals surface area contributed by atoms with Gasteiger partial charge in [-0.25, -0.2) is 13.6 Å². The molecule has 0 fully saturated rings. The van der Waals surface area contributed by atoms with Gasteiger partial charge >= 0.3 is 6.09 Å². The smallest absolute Gasteiger partial charge is 0.411 e. The molecule has 0 heterocycles. The SMILES string of the molecule is CCOC(=O)Nc1ccc(CNc2ccc(Cl)c(F)c2)cc1F. The van der Waals surface area contributed by atoms with Gasteiger partial charge in [-0.05, 0) is 42.8 Å². The Morgan fingerprint density at radius 3 is 2.61 bits per heavy atom. The summed E-state index contributed by atoms with van der Waals surface area (Å²) in [5.41, 5.74) is 1.19. The zero-order valence-corrected chi connectivity index (χ0v) is 13.1. The summed E-state index contributed by atoms with van der Waals surface area (Å²) in [5.74, 6) is -1.11. The first-order valence-electron chi connectivity index (χ1n) is 6.90. The molecular formula is C16H15ClF2N2O2. The second-order valence-corrected chi connectivity index (χ2v) is 5.05. The molecule has 0 saturated carbocycles. The second kappa shape index (κ2) is 7.78. The van der Waals surface area contributed by atoms with Gasteiger partial charge in [0.15, 0.2) is 0 Å². The van der Waals surface area contributed by atoms with Gasteiger partial charge in [0.05, 0.1) is 17.3 Å². The molecule has 0 aliphatic heterocycles. The van der Waals surface area contributed by atoms with Crippen molar-refractivity contribution >= 4 is 29.1 Å². The highest BCUT2D eigenvalue weighted by molar-refractivity contribution is 6.30. The van der Waals surface area contributed by atoms with E-state index in [0.717, 1.165) is 0 Å². The number of carbonyl (C=O) groups is 1. The predicted octanol–water partition coefficient (Wildman–Crippen LogP) is 4.80. The standard InChI is InChI=1S/C16H15ClF2N2O2/c1-2-23-16(22)21-15-6-3-10(7-14(15)19)9-20-11-4-5-12(17)13(18)8-11/h3-8,20H,2,9H2,1H3,(H,21,22). The predicted molar refractivity (Wildman–Crippen MR) is 85.8 cm³/mol. The Kier molecular flexibility index (Phi) is 5.76. The Labute approximate surface area is 137 Å². The van der Waals surface area contributed by atoms with Crippen molar-refractivity contribution in [1.82, 2.24) is 0 Å². The van der Waals surface area contributed by atoms with E-state index in [2.05, 4.69) is 15.4 Å². The molecule has 0 radical (unpaired) electrons. The zero-order valence-electron chi connectivity index (χ0n) is 12.3. The van der Waals surface area contributed by atoms with Gasteiger partial charge in [0, 0.05) is 12.2 Å². The summed E-state index contributed by atoms with van der Waals surface area (Å²) in [7, 11) is 0. The number of amides is 1. The van der Waals surface area contributed by atoms with E-state index >= 15 is 0 Å². The maximum atomic E-state index is 13.9. The van der Waals surface area contributed by atoms with Crippen molar-refractivity contribution in [3.05, 3.63) is 58.6 Å². The van der Waals surface area contributed by atoms with E-state index in [1.54, 1.807) is 19.1 Å². The third kappa shape index (κ3) is 4.82. The minimum atomic E-state index is -0.714. The van der Waals surface area contributed by atoms with Gasteiger partial charge in [0.2, 0.25) is 0 Å². The molecule has 2 rings (SSSR count). The van der Waals surface area contributed by atoms with Crippen LogP contribution in [0.5, 0.6) is 0 Å². The lowest BCUT2D eigenvalue weighted by atomic mass is 10.2. The van der Waals surface area contributed by atoms with Crippen LogP contribution in [0.2, 0.25) is 5.02 Å². The average molecular weight is 341 g/mol. The quantitative estimate of drug-likeness (QED) is 0.822. The monoisotopic (exact) mass is 340 g/mol. The lowest BCUT2D eigenvalue weighted by Crippen LogP contribution is -2.14. The van der Waals surface area contributed by atoms with Gasteiger partial charge in [-0.2, -0.15) is 0 Å². The van der Waals surface area contributed by atoms with E-state index in [1.165, 1.54) is 24.3 Å². The van der Waals surface area contributed by atoms with Crippen LogP contribution in [-0.2, 0) is 11.3 Å². The van der Waals surface area contributed by atoms with E-state index in [0.29, 0.717) is 11.3 Å². The molecule has 7 heteroatoms. The van der Waals surface area contributed by atoms with Crippen LogP contribution in [0.15, 0.2) is 36.4 Å². The number of nitrogens with one attached hydrogen (secondary N) is 2. The summed E-state index contributed by atoms with van der Waals surface area (Å²) in [6.45, 7) is 2.15. The Morgan fingerprint density at radius 2 is 1.96 bits per heavy atom. The number of hydrogen-bond donors (Lipinski definition) is 2. The van der Waals surface area contributed by atoms with Gasteiger partial charge in [0.25, 0.3) is 0 Å². The molecule has 0 aromatic heterocycles. The van der Waals surface area contributed by atoms with Crippen molar-refractivity contribution in [3.63, 3.8) is 0 Å². The van der Waals surface area contributed by atoms with Crippen LogP contribution in [0.4, 0.5) is 25.0 Å². The Bertz CT molecular complexity index is 710. The summed E-state index contributed by atoms with van der Waals surface area (Å²) in [6.07, 6.45) is -0.714. The molecule has 0 aliphatic rings. The van der Waals surface area contributed by atoms with Crippen molar-refractivity contribution in [1.29, 1.82) is 0 Å². The molecule has 122 valence electrons. The lowest BCUT2D eigenvalue weighted by molar-refractivity contribution is 0.168. The highest BCUT2D eigenvalue weighted by Crippen LogP contribution is 2.20. The lowest BCUT2D eigenvalue weighted by Gasteiger charge is -2.10. The van der Waals surface area contributed by atoms with Crippen LogP contribution < -0.4 is 10.6 Å². The fraction of sp³-hybridized carbons (Fsp3) is 0.188. The van der Waals surface area contributed by atoms with E-state index < -0.39 is 17.7 Å². The first-order chi connectivity index (χ1) is 11.0. The molecule has 0 bridgehead atoms. The summed E-state index contributed by atoms with van der Waals surface area (Å²) in [4.78, 5) is 11.3. The Balaban J connectivity index is 1.99. The highest BCUT2D eigenvalue weighted by atomic mass is 35.5. The van der Waals surface area contributed by atoms with Crippen LogP contribution in [-0.4, -0.2) is 12.7 Å². The number of benzene rings is 2. The number of anilines is 2. The Morgan fingerprint density at radius 1 is 1.17 bits per heavy atom. The Hall–Kier alpha value is -2.34. The largest absolute Gasteiger partial charge is 0.450 e. The third-order valence-electron chi connectivity index (χ3n) is 2.96. The maximum Gasteiger partial charge on any atom is 0.411 e. The zero-order chi connectivity index (χ0) is 16.8. The van der Waals surface area contributed by atoms with Gasteiger partial charge in [-0.3, -0.25) is 5.32 Å². The summed E-state index contributed by atoms with van der Waals surface area (Å²) in [5, 5.41) is 5.30. The van der Waals surface area contributed by atoms with Crippen LogP contribution in [0.1, 0.15) is 12.5 Å². The van der Waals surface area contributed by atoms with E-state index in [4.69, 9.17) is 11.6 Å². The minimum absolute atomic E-state index is 0.0322. The number of hydrogen-bond acceptors (Lipinski definition) is 3. The summed E-state index contributed by atoms with van der Waals surface area (Å²) in [6, 6.07) is 8.68. The fourth-order valence-electron chi connectivity index (χ4n) is 1.86. The minimum Gasteiger partial charge on any atom is -0.450 e. The molecule has 2 aromatic rings. The van der Waals surface area contributed by atoms with Crippen molar-refractivity contribution in [2.75, 3.05) is 17.2 Å². The van der Waals surface area contributed by atoms with Crippen molar-refractivity contribution < 1.29 is 18.3 Å². The van der Waals surface area contributed by atoms with Crippen LogP contribution in [0, 0.1) is 11.6 Å². The van der Waals surface area contributed by atoms with E-state index in [-0.39, 0.29) is 23.9 Å². The molecule has 2 aromatic carbocycles. The molecule has 0 unspecified atom stereocenters. The van der Waals surface area contributed by atoms with Crippen molar-refractivity contribution in [2.24, 2.45) is 0 Å². The van der Waals surface area contributed by atoms with Gasteiger partial charge in [-0.1, -0.05) is 17.7 Å². The average Bonchev–Trinajstić information content (AvgIpc) is 2.51. The highest BCUT2D eigenvalue weighted by Gasteiger charge is 2.08. The molecule has 2 N–H and O–H groups in total. The topological polar surface area (TPSA) is 50.4 Å². The molecule has 0 atom stereocenters. The van der Waals surface area contributed by atoms with Crippen LogP contribution >= 0.6 is 11.6 Å². The second-order valence-electron chi connectivity index (χ2n) is 4.64. The molecule has 0 spiro atoms. The van der Waals surface area contributed by atoms with Gasteiger partial charge < -0.3 is 10.1 Å². The number of ether oxygens (including phenoxy) is 1.